The summed E-state index contributed by atoms with van der Waals surface area (Å²) in [7, 11) is 1.65. The molecule has 0 aromatic heterocycles. The Morgan fingerprint density at radius 2 is 1.41 bits per heavy atom. The van der Waals surface area contributed by atoms with E-state index in [0.717, 1.165) is 18.6 Å². The van der Waals surface area contributed by atoms with Gasteiger partial charge in [-0.1, -0.05) is 63.1 Å². The third-order valence-electron chi connectivity index (χ3n) is 3.91. The molecule has 0 bridgehead atoms. The molecule has 22 heavy (non-hydrogen) atoms. The molecule has 0 spiro atoms. The first kappa shape index (κ1) is 19.0. The lowest BCUT2D eigenvalue weighted by atomic mass is 10.0. The number of aliphatic hydroxyl groups excluding tert-OH is 1. The van der Waals surface area contributed by atoms with Gasteiger partial charge in [-0.3, -0.25) is 0 Å². The second kappa shape index (κ2) is 13.6. The van der Waals surface area contributed by atoms with E-state index in [1.807, 2.05) is 12.1 Å². The summed E-state index contributed by atoms with van der Waals surface area (Å²) in [4.78, 5) is 0. The van der Waals surface area contributed by atoms with E-state index in [0.29, 0.717) is 13.4 Å². The zero-order valence-electron chi connectivity index (χ0n) is 14.1. The predicted molar refractivity (Wildman–Crippen MR) is 91.3 cm³/mol. The maximum Gasteiger partial charge on any atom is 0.188 e. The van der Waals surface area contributed by atoms with Crippen LogP contribution in [0.1, 0.15) is 63.4 Å². The number of para-hydroxylation sites is 1. The van der Waals surface area contributed by atoms with Crippen LogP contribution in [0.3, 0.4) is 0 Å². The Morgan fingerprint density at radius 1 is 0.818 bits per heavy atom. The Balaban J connectivity index is 2.05. The van der Waals surface area contributed by atoms with Crippen molar-refractivity contribution < 1.29 is 14.6 Å². The normalized spacial score (nSPS) is 10.8. The van der Waals surface area contributed by atoms with Gasteiger partial charge in [0.2, 0.25) is 0 Å². The Bertz CT molecular complexity index is 365. The highest BCUT2D eigenvalue weighted by atomic mass is 16.7. The molecule has 3 heteroatoms. The van der Waals surface area contributed by atoms with Crippen LogP contribution >= 0.6 is 0 Å². The van der Waals surface area contributed by atoms with Crippen molar-refractivity contribution in [2.45, 2.75) is 64.2 Å². The largest absolute Gasteiger partial charge is 0.467 e. The minimum Gasteiger partial charge on any atom is -0.467 e. The number of unbranched alkanes of at least 4 members (excludes halogenated alkanes) is 8. The van der Waals surface area contributed by atoms with Crippen LogP contribution in [0.5, 0.6) is 5.75 Å². The lowest BCUT2D eigenvalue weighted by Crippen LogP contribution is -2.01. The third-order valence-corrected chi connectivity index (χ3v) is 3.91. The molecule has 0 atom stereocenters. The van der Waals surface area contributed by atoms with E-state index in [4.69, 9.17) is 14.6 Å². The van der Waals surface area contributed by atoms with Crippen molar-refractivity contribution in [1.82, 2.24) is 0 Å². The Hall–Kier alpha value is -1.06. The fraction of sp³-hybridized carbons (Fsp3) is 0.684. The van der Waals surface area contributed by atoms with Crippen molar-refractivity contribution in [1.29, 1.82) is 0 Å². The van der Waals surface area contributed by atoms with Gasteiger partial charge >= 0.3 is 0 Å². The first-order valence-corrected chi connectivity index (χ1v) is 8.69. The van der Waals surface area contributed by atoms with Crippen molar-refractivity contribution in [3.8, 4) is 5.75 Å². The van der Waals surface area contributed by atoms with Gasteiger partial charge in [-0.2, -0.15) is 0 Å². The molecule has 1 aromatic rings. The fourth-order valence-corrected chi connectivity index (χ4v) is 2.64. The lowest BCUT2D eigenvalue weighted by Gasteiger charge is -2.10. The quantitative estimate of drug-likeness (QED) is 0.399. The van der Waals surface area contributed by atoms with E-state index in [1.165, 1.54) is 56.9 Å². The van der Waals surface area contributed by atoms with Gasteiger partial charge in [0, 0.05) is 13.7 Å². The smallest absolute Gasteiger partial charge is 0.188 e. The average Bonchev–Trinajstić information content (AvgIpc) is 2.55. The number of hydrogen-bond acceptors (Lipinski definition) is 3. The molecule has 0 heterocycles. The zero-order valence-corrected chi connectivity index (χ0v) is 14.1. The first-order chi connectivity index (χ1) is 10.9. The second-order valence-electron chi connectivity index (χ2n) is 5.81. The Kier molecular flexibility index (Phi) is 11.7. The minimum atomic E-state index is 0.313. The van der Waals surface area contributed by atoms with Crippen LogP contribution in [0.25, 0.3) is 0 Å². The number of ether oxygens (including phenoxy) is 2. The number of methoxy groups -OCH3 is 1. The average molecular weight is 308 g/mol. The van der Waals surface area contributed by atoms with Gasteiger partial charge in [-0.05, 0) is 30.9 Å². The number of aliphatic hydroxyl groups is 1. The molecule has 0 unspecified atom stereocenters. The molecule has 3 nitrogen and oxygen atoms in total. The van der Waals surface area contributed by atoms with E-state index in [-0.39, 0.29) is 0 Å². The summed E-state index contributed by atoms with van der Waals surface area (Å²) in [5.41, 5.74) is 1.28. The van der Waals surface area contributed by atoms with Crippen molar-refractivity contribution in [2.24, 2.45) is 0 Å². The lowest BCUT2D eigenvalue weighted by molar-refractivity contribution is 0.0504. The number of aryl methyl sites for hydroxylation is 1. The number of rotatable bonds is 14. The molecule has 0 aliphatic heterocycles. The summed E-state index contributed by atoms with van der Waals surface area (Å²) in [6.07, 6.45) is 12.3. The molecule has 1 rings (SSSR count). The molecular weight excluding hydrogens is 276 g/mol. The van der Waals surface area contributed by atoms with Gasteiger partial charge < -0.3 is 14.6 Å². The number of benzene rings is 1. The van der Waals surface area contributed by atoms with E-state index in [1.54, 1.807) is 7.11 Å². The summed E-state index contributed by atoms with van der Waals surface area (Å²) < 4.78 is 10.6. The molecule has 0 radical (unpaired) electrons. The summed E-state index contributed by atoms with van der Waals surface area (Å²) in [6.45, 7) is 0.656. The SMILES string of the molecule is COCOc1ccccc1CCCCCCCCCCCO. The van der Waals surface area contributed by atoms with Gasteiger partial charge in [0.25, 0.3) is 0 Å². The standard InChI is InChI=1S/C19H32O3/c1-21-17-22-19-15-11-10-14-18(19)13-9-7-5-3-2-4-6-8-12-16-20/h10-11,14-15,20H,2-9,12-13,16-17H2,1H3. The van der Waals surface area contributed by atoms with Crippen LogP contribution in [0.15, 0.2) is 24.3 Å². The third kappa shape index (κ3) is 9.06. The molecule has 0 amide bonds. The van der Waals surface area contributed by atoms with Crippen molar-refractivity contribution in [3.05, 3.63) is 29.8 Å². The molecule has 0 aliphatic rings. The van der Waals surface area contributed by atoms with E-state index < -0.39 is 0 Å². The highest BCUT2D eigenvalue weighted by Crippen LogP contribution is 2.21. The summed E-state index contributed by atoms with van der Waals surface area (Å²) >= 11 is 0. The molecule has 126 valence electrons. The maximum atomic E-state index is 8.71. The number of hydrogen-bond donors (Lipinski definition) is 1. The van der Waals surface area contributed by atoms with Gasteiger partial charge in [0.05, 0.1) is 0 Å². The van der Waals surface area contributed by atoms with Crippen LogP contribution < -0.4 is 4.74 Å². The maximum absolute atomic E-state index is 8.71. The predicted octanol–water partition coefficient (Wildman–Crippen LogP) is 4.72. The van der Waals surface area contributed by atoms with Gasteiger partial charge in [0.1, 0.15) is 5.75 Å². The minimum absolute atomic E-state index is 0.313. The molecule has 0 aliphatic carbocycles. The Labute approximate surface area is 135 Å². The van der Waals surface area contributed by atoms with Crippen molar-refractivity contribution in [3.63, 3.8) is 0 Å². The van der Waals surface area contributed by atoms with E-state index in [9.17, 15) is 0 Å². The van der Waals surface area contributed by atoms with Gasteiger partial charge in [0.15, 0.2) is 6.79 Å². The zero-order chi connectivity index (χ0) is 15.9. The van der Waals surface area contributed by atoms with Crippen LogP contribution in [0, 0.1) is 0 Å². The topological polar surface area (TPSA) is 38.7 Å². The molecule has 0 saturated carbocycles. The van der Waals surface area contributed by atoms with Crippen LogP contribution in [-0.4, -0.2) is 25.6 Å². The van der Waals surface area contributed by atoms with Crippen LogP contribution in [-0.2, 0) is 11.2 Å². The summed E-state index contributed by atoms with van der Waals surface area (Å²) in [5, 5.41) is 8.71. The van der Waals surface area contributed by atoms with Gasteiger partial charge in [-0.25, -0.2) is 0 Å². The summed E-state index contributed by atoms with van der Waals surface area (Å²) in [6, 6.07) is 8.24. The van der Waals surface area contributed by atoms with Crippen molar-refractivity contribution >= 4 is 0 Å². The van der Waals surface area contributed by atoms with Crippen molar-refractivity contribution in [2.75, 3.05) is 20.5 Å². The molecule has 1 N–H and O–H groups in total. The molecule has 0 fully saturated rings. The van der Waals surface area contributed by atoms with E-state index >= 15 is 0 Å². The monoisotopic (exact) mass is 308 g/mol. The van der Waals surface area contributed by atoms with E-state index in [2.05, 4.69) is 12.1 Å². The fourth-order valence-electron chi connectivity index (χ4n) is 2.64. The highest BCUT2D eigenvalue weighted by Gasteiger charge is 2.02. The molecule has 1 aromatic carbocycles. The molecule has 0 saturated heterocycles. The second-order valence-corrected chi connectivity index (χ2v) is 5.81. The molecular formula is C19H32O3. The van der Waals surface area contributed by atoms with Crippen LogP contribution in [0.4, 0.5) is 0 Å². The Morgan fingerprint density at radius 3 is 2.05 bits per heavy atom. The van der Waals surface area contributed by atoms with Gasteiger partial charge in [-0.15, -0.1) is 0 Å². The van der Waals surface area contributed by atoms with Crippen LogP contribution in [0.2, 0.25) is 0 Å². The first-order valence-electron chi connectivity index (χ1n) is 8.69. The summed E-state index contributed by atoms with van der Waals surface area (Å²) in [5.74, 6) is 0.952. The highest BCUT2D eigenvalue weighted by molar-refractivity contribution is 5.33.